The number of carbonyl (C=O) groups is 8. The third-order valence-electron chi connectivity index (χ3n) is 12.5. The molecule has 17 heteroatoms. The van der Waals surface area contributed by atoms with E-state index in [-0.39, 0.29) is 74.4 Å². The maximum atomic E-state index is 13.1. The lowest BCUT2D eigenvalue weighted by Gasteiger charge is -2.28. The molecule has 0 spiro atoms. The first-order chi connectivity index (χ1) is 30.6. The Bertz CT molecular complexity index is 1450. The largest absolute Gasteiger partial charge is 0.481 e. The van der Waals surface area contributed by atoms with Crippen LogP contribution in [-0.4, -0.2) is 105 Å². The number of hydrogen-bond acceptors (Lipinski definition) is 10. The van der Waals surface area contributed by atoms with E-state index in [0.29, 0.717) is 25.8 Å². The van der Waals surface area contributed by atoms with Crippen LogP contribution >= 0.6 is 0 Å². The van der Waals surface area contributed by atoms with E-state index in [1.807, 2.05) is 0 Å². The topological polar surface area (TPSA) is 278 Å². The van der Waals surface area contributed by atoms with Gasteiger partial charge in [0.2, 0.25) is 23.6 Å². The molecule has 2 rings (SSSR count). The van der Waals surface area contributed by atoms with Crippen LogP contribution in [0.3, 0.4) is 0 Å². The predicted molar refractivity (Wildman–Crippen MR) is 239 cm³/mol. The average Bonchev–Trinajstić information content (AvgIpc) is 3.99. The summed E-state index contributed by atoms with van der Waals surface area (Å²) >= 11 is 0. The van der Waals surface area contributed by atoms with Crippen molar-refractivity contribution in [1.29, 1.82) is 0 Å². The molecule has 1 saturated heterocycles. The van der Waals surface area contributed by atoms with Crippen molar-refractivity contribution >= 4 is 47.3 Å². The predicted octanol–water partition coefficient (Wildman–Crippen LogP) is 5.92. The molecule has 5 atom stereocenters. The SMILES string of the molecule is CC(C)C(=O)CC[C@H](NC(=O)CC[C@H](NC(=O)CC[C@H](NC(=O)C1CCC(CNC(=O)CCCCCCCCCCCCCCCCCCC(=O)O)CC1)C(=O)O)C1OC1O)C(=O)O. The maximum absolute atomic E-state index is 13.1. The highest BCUT2D eigenvalue weighted by Gasteiger charge is 2.44. The van der Waals surface area contributed by atoms with Crippen molar-refractivity contribution in [2.75, 3.05) is 6.54 Å². The quantitative estimate of drug-likeness (QED) is 0.0264. The molecule has 0 bridgehead atoms. The second-order valence-corrected chi connectivity index (χ2v) is 18.3. The van der Waals surface area contributed by atoms with E-state index in [1.54, 1.807) is 13.8 Å². The van der Waals surface area contributed by atoms with E-state index >= 15 is 0 Å². The van der Waals surface area contributed by atoms with E-state index in [4.69, 9.17) is 9.84 Å². The lowest BCUT2D eigenvalue weighted by molar-refractivity contribution is -0.143. The third kappa shape index (κ3) is 26.0. The van der Waals surface area contributed by atoms with Crippen LogP contribution in [0.4, 0.5) is 0 Å². The van der Waals surface area contributed by atoms with Crippen molar-refractivity contribution in [3.05, 3.63) is 0 Å². The first-order valence-electron chi connectivity index (χ1n) is 24.3. The molecule has 2 aliphatic rings. The monoisotopic (exact) mass is 909 g/mol. The number of carboxylic acid groups (broad SMARTS) is 3. The highest BCUT2D eigenvalue weighted by atomic mass is 16.7. The summed E-state index contributed by atoms with van der Waals surface area (Å²) in [5.41, 5.74) is 0. The van der Waals surface area contributed by atoms with E-state index in [2.05, 4.69) is 21.3 Å². The Morgan fingerprint density at radius 3 is 1.44 bits per heavy atom. The summed E-state index contributed by atoms with van der Waals surface area (Å²) in [6.45, 7) is 3.95. The number of aliphatic hydroxyl groups is 1. The van der Waals surface area contributed by atoms with Crippen molar-refractivity contribution in [3.63, 3.8) is 0 Å². The number of epoxide rings is 1. The molecule has 0 radical (unpaired) electrons. The lowest BCUT2D eigenvalue weighted by Crippen LogP contribution is -2.46. The van der Waals surface area contributed by atoms with Gasteiger partial charge in [0.25, 0.3) is 0 Å². The van der Waals surface area contributed by atoms with E-state index < -0.39 is 66.1 Å². The number of carbonyl (C=O) groups excluding carboxylic acids is 5. The zero-order chi connectivity index (χ0) is 47.3. The zero-order valence-corrected chi connectivity index (χ0v) is 38.6. The van der Waals surface area contributed by atoms with Crippen molar-refractivity contribution in [3.8, 4) is 0 Å². The standard InChI is InChI=1S/C47H80N4O13/c1-32(2)38(52)28-25-36(45(59)60)50-41(55)29-26-35(43-47(63)64-43)49-40(54)30-27-37(46(61)62)51-44(58)34-23-21-33(22-24-34)31-48-39(53)19-17-15-13-11-9-7-5-3-4-6-8-10-12-14-16-18-20-42(56)57/h32-37,43,47,63H,3-31H2,1-2H3,(H,48,53)(H,49,54)(H,50,55)(H,51,58)(H,56,57)(H,59,60)(H,61,62)/t33?,34?,35-,36-,37-,43?,47?/m0/s1. The second kappa shape index (κ2) is 32.5. The number of rotatable bonds is 38. The fourth-order valence-electron chi connectivity index (χ4n) is 8.23. The number of ketones is 1. The molecule has 366 valence electrons. The Balaban J connectivity index is 1.56. The third-order valence-corrected chi connectivity index (χ3v) is 12.5. The van der Waals surface area contributed by atoms with Gasteiger partial charge >= 0.3 is 17.9 Å². The van der Waals surface area contributed by atoms with Gasteiger partial charge in [-0.3, -0.25) is 28.8 Å². The molecule has 1 aliphatic heterocycles. The number of aliphatic carboxylic acids is 3. The van der Waals surface area contributed by atoms with Gasteiger partial charge in [-0.05, 0) is 63.7 Å². The molecular weight excluding hydrogens is 829 g/mol. The van der Waals surface area contributed by atoms with Gasteiger partial charge in [-0.1, -0.05) is 104 Å². The fourth-order valence-corrected chi connectivity index (χ4v) is 8.23. The molecule has 1 saturated carbocycles. The number of unbranched alkanes of at least 4 members (excludes halogenated alkanes) is 15. The maximum Gasteiger partial charge on any atom is 0.326 e. The van der Waals surface area contributed by atoms with Crippen LogP contribution in [0.2, 0.25) is 0 Å². The molecule has 1 heterocycles. The van der Waals surface area contributed by atoms with Crippen LogP contribution in [0.25, 0.3) is 0 Å². The van der Waals surface area contributed by atoms with Crippen LogP contribution < -0.4 is 21.3 Å². The van der Waals surface area contributed by atoms with Gasteiger partial charge < -0.3 is 46.4 Å². The smallest absolute Gasteiger partial charge is 0.326 e. The second-order valence-electron chi connectivity index (χ2n) is 18.3. The summed E-state index contributed by atoms with van der Waals surface area (Å²) in [5, 5.41) is 48.5. The van der Waals surface area contributed by atoms with Crippen molar-refractivity contribution in [1.82, 2.24) is 21.3 Å². The zero-order valence-electron chi connectivity index (χ0n) is 38.6. The van der Waals surface area contributed by atoms with Gasteiger partial charge in [0, 0.05) is 50.5 Å². The summed E-state index contributed by atoms with van der Waals surface area (Å²) in [7, 11) is 0. The van der Waals surface area contributed by atoms with E-state index in [0.717, 1.165) is 51.4 Å². The summed E-state index contributed by atoms with van der Waals surface area (Å²) in [6, 6.07) is -3.40. The van der Waals surface area contributed by atoms with Gasteiger partial charge in [0.05, 0.1) is 6.04 Å². The average molecular weight is 909 g/mol. The minimum Gasteiger partial charge on any atom is -0.481 e. The van der Waals surface area contributed by atoms with Crippen LogP contribution in [0, 0.1) is 17.8 Å². The van der Waals surface area contributed by atoms with Crippen LogP contribution in [0.15, 0.2) is 0 Å². The summed E-state index contributed by atoms with van der Waals surface area (Å²) < 4.78 is 5.09. The molecule has 2 fully saturated rings. The summed E-state index contributed by atoms with van der Waals surface area (Å²) in [6.07, 6.45) is 19.1. The molecule has 0 aromatic rings. The Kier molecular flexibility index (Phi) is 28.5. The number of ether oxygens (including phenoxy) is 1. The molecule has 0 aromatic heterocycles. The molecular formula is C47H80N4O13. The molecule has 2 unspecified atom stereocenters. The normalized spacial score (nSPS) is 19.5. The Labute approximate surface area is 379 Å². The first-order valence-corrected chi connectivity index (χ1v) is 24.3. The molecule has 64 heavy (non-hydrogen) atoms. The number of carboxylic acids is 3. The van der Waals surface area contributed by atoms with Crippen molar-refractivity contribution in [2.45, 2.75) is 224 Å². The van der Waals surface area contributed by atoms with Crippen molar-refractivity contribution in [2.24, 2.45) is 17.8 Å². The van der Waals surface area contributed by atoms with E-state index in [1.165, 1.54) is 64.2 Å². The number of aliphatic hydroxyl groups excluding tert-OH is 1. The number of hydrogen-bond donors (Lipinski definition) is 8. The van der Waals surface area contributed by atoms with Crippen LogP contribution in [-0.2, 0) is 43.1 Å². The Hall–Kier alpha value is -4.12. The minimum absolute atomic E-state index is 0.00585. The number of Topliss-reactive ketones (excluding diaryl/α,β-unsaturated/α-hetero) is 1. The van der Waals surface area contributed by atoms with Gasteiger partial charge in [-0.15, -0.1) is 0 Å². The molecule has 4 amide bonds. The van der Waals surface area contributed by atoms with Gasteiger partial charge in [-0.2, -0.15) is 0 Å². The molecule has 1 aliphatic carbocycles. The first kappa shape index (κ1) is 56.0. The van der Waals surface area contributed by atoms with Crippen LogP contribution in [0.1, 0.15) is 194 Å². The Morgan fingerprint density at radius 2 is 0.969 bits per heavy atom. The molecule has 17 nitrogen and oxygen atoms in total. The molecule has 0 aromatic carbocycles. The van der Waals surface area contributed by atoms with Gasteiger partial charge in [-0.25, -0.2) is 9.59 Å². The Morgan fingerprint density at radius 1 is 0.531 bits per heavy atom. The highest BCUT2D eigenvalue weighted by molar-refractivity contribution is 5.86. The van der Waals surface area contributed by atoms with E-state index in [9.17, 15) is 53.7 Å². The number of nitrogens with one attached hydrogen (secondary N) is 4. The van der Waals surface area contributed by atoms with Crippen LogP contribution in [0.5, 0.6) is 0 Å². The highest BCUT2D eigenvalue weighted by Crippen LogP contribution is 2.29. The summed E-state index contributed by atoms with van der Waals surface area (Å²) in [4.78, 5) is 97.1. The van der Waals surface area contributed by atoms with Gasteiger partial charge in [0.1, 0.15) is 24.0 Å². The molecule has 8 N–H and O–H groups in total. The lowest BCUT2D eigenvalue weighted by atomic mass is 9.81. The summed E-state index contributed by atoms with van der Waals surface area (Å²) in [5.74, 6) is -5.37. The van der Waals surface area contributed by atoms with Crippen molar-refractivity contribution < 1.29 is 63.5 Å². The number of amides is 4. The van der Waals surface area contributed by atoms with Gasteiger partial charge in [0.15, 0.2) is 6.29 Å². The minimum atomic E-state index is -1.31. The fraction of sp³-hybridized carbons (Fsp3) is 0.830.